The SMILES string of the molecule is CC1(C)C(=O)NC(=O)CN1C(=O)C1C2C3CCC(C3)C12. The Morgan fingerprint density at radius 3 is 2.40 bits per heavy atom. The maximum absolute atomic E-state index is 12.8. The molecule has 3 saturated carbocycles. The topological polar surface area (TPSA) is 66.5 Å². The van der Waals surface area contributed by atoms with E-state index in [0.29, 0.717) is 11.8 Å². The van der Waals surface area contributed by atoms with Crippen molar-refractivity contribution in [2.45, 2.75) is 38.6 Å². The minimum Gasteiger partial charge on any atom is -0.319 e. The van der Waals surface area contributed by atoms with Crippen molar-refractivity contribution in [2.24, 2.45) is 29.6 Å². The number of carbonyl (C=O) groups excluding carboxylic acids is 3. The van der Waals surface area contributed by atoms with Gasteiger partial charge in [0.25, 0.3) is 5.91 Å². The quantitative estimate of drug-likeness (QED) is 0.711. The first-order chi connectivity index (χ1) is 9.41. The van der Waals surface area contributed by atoms with Crippen LogP contribution in [0.25, 0.3) is 0 Å². The fourth-order valence-corrected chi connectivity index (χ4v) is 4.97. The van der Waals surface area contributed by atoms with Gasteiger partial charge in [-0.05, 0) is 56.8 Å². The maximum atomic E-state index is 12.8. The zero-order chi connectivity index (χ0) is 14.2. The highest BCUT2D eigenvalue weighted by atomic mass is 16.2. The minimum absolute atomic E-state index is 0.0167. The molecule has 0 aromatic carbocycles. The Hall–Kier alpha value is -1.39. The summed E-state index contributed by atoms with van der Waals surface area (Å²) in [5.74, 6) is 1.90. The predicted octanol–water partition coefficient (Wildman–Crippen LogP) is 0.542. The predicted molar refractivity (Wildman–Crippen MR) is 70.2 cm³/mol. The number of piperazine rings is 1. The molecule has 1 aliphatic heterocycles. The Labute approximate surface area is 118 Å². The number of carbonyl (C=O) groups is 3. The first-order valence-electron chi connectivity index (χ1n) is 7.57. The molecule has 4 unspecified atom stereocenters. The number of hydrogen-bond donors (Lipinski definition) is 1. The molecule has 1 N–H and O–H groups in total. The molecule has 0 spiro atoms. The molecule has 108 valence electrons. The molecular formula is C15H20N2O3. The summed E-state index contributed by atoms with van der Waals surface area (Å²) in [6, 6.07) is 0. The molecule has 1 heterocycles. The first kappa shape index (κ1) is 12.4. The van der Waals surface area contributed by atoms with Gasteiger partial charge in [0.15, 0.2) is 0 Å². The van der Waals surface area contributed by atoms with Gasteiger partial charge in [-0.15, -0.1) is 0 Å². The summed E-state index contributed by atoms with van der Waals surface area (Å²) in [5, 5.41) is 2.32. The van der Waals surface area contributed by atoms with E-state index < -0.39 is 5.54 Å². The Morgan fingerprint density at radius 1 is 1.20 bits per heavy atom. The van der Waals surface area contributed by atoms with Crippen LogP contribution in [-0.4, -0.2) is 34.7 Å². The third-order valence-corrected chi connectivity index (χ3v) is 6.07. The first-order valence-corrected chi connectivity index (χ1v) is 7.57. The molecule has 0 radical (unpaired) electrons. The fraction of sp³-hybridized carbons (Fsp3) is 0.800. The Balaban J connectivity index is 1.57. The molecule has 20 heavy (non-hydrogen) atoms. The van der Waals surface area contributed by atoms with Crippen LogP contribution < -0.4 is 5.32 Å². The van der Waals surface area contributed by atoms with Crippen LogP contribution in [-0.2, 0) is 14.4 Å². The molecule has 3 amide bonds. The zero-order valence-electron chi connectivity index (χ0n) is 11.9. The van der Waals surface area contributed by atoms with Gasteiger partial charge in [-0.1, -0.05) is 0 Å². The standard InChI is InChI=1S/C15H20N2O3/c1-15(2)14(20)16-9(18)6-17(15)13(19)12-10-7-3-4-8(5-7)11(10)12/h7-8,10-12H,3-6H2,1-2H3,(H,16,18,20). The summed E-state index contributed by atoms with van der Waals surface area (Å²) < 4.78 is 0. The van der Waals surface area contributed by atoms with E-state index in [1.165, 1.54) is 24.2 Å². The van der Waals surface area contributed by atoms with E-state index in [4.69, 9.17) is 0 Å². The molecule has 4 atom stereocenters. The average Bonchev–Trinajstić information content (AvgIpc) is 2.81. The molecular weight excluding hydrogens is 256 g/mol. The normalized spacial score (nSPS) is 44.3. The van der Waals surface area contributed by atoms with Gasteiger partial charge in [-0.25, -0.2) is 0 Å². The molecule has 5 heteroatoms. The number of amides is 3. The van der Waals surface area contributed by atoms with Crippen molar-refractivity contribution in [3.05, 3.63) is 0 Å². The molecule has 3 aliphatic carbocycles. The summed E-state index contributed by atoms with van der Waals surface area (Å²) in [5.41, 5.74) is -0.916. The largest absolute Gasteiger partial charge is 0.319 e. The number of nitrogens with one attached hydrogen (secondary N) is 1. The van der Waals surface area contributed by atoms with Crippen LogP contribution in [0.2, 0.25) is 0 Å². The zero-order valence-corrected chi connectivity index (χ0v) is 11.9. The minimum atomic E-state index is -0.916. The van der Waals surface area contributed by atoms with E-state index >= 15 is 0 Å². The van der Waals surface area contributed by atoms with Crippen LogP contribution >= 0.6 is 0 Å². The lowest BCUT2D eigenvalue weighted by molar-refractivity contribution is -0.156. The summed E-state index contributed by atoms with van der Waals surface area (Å²) in [6.45, 7) is 3.46. The number of hydrogen-bond acceptors (Lipinski definition) is 3. The number of fused-ring (bicyclic) bond motifs is 5. The lowest BCUT2D eigenvalue weighted by Gasteiger charge is -2.40. The van der Waals surface area contributed by atoms with Crippen molar-refractivity contribution in [2.75, 3.05) is 6.54 Å². The second-order valence-corrected chi connectivity index (χ2v) is 7.37. The molecule has 2 bridgehead atoms. The van der Waals surface area contributed by atoms with Crippen molar-refractivity contribution >= 4 is 17.7 Å². The van der Waals surface area contributed by atoms with Gasteiger partial charge in [0.05, 0.1) is 0 Å². The van der Waals surface area contributed by atoms with Crippen molar-refractivity contribution in [1.82, 2.24) is 10.2 Å². The van der Waals surface area contributed by atoms with Crippen molar-refractivity contribution in [3.63, 3.8) is 0 Å². The van der Waals surface area contributed by atoms with E-state index in [1.807, 2.05) is 0 Å². The molecule has 4 aliphatic rings. The molecule has 1 saturated heterocycles. The number of imide groups is 1. The molecule has 4 rings (SSSR count). The Morgan fingerprint density at radius 2 is 1.80 bits per heavy atom. The Bertz CT molecular complexity index is 511. The van der Waals surface area contributed by atoms with Crippen LogP contribution in [0.15, 0.2) is 0 Å². The molecule has 5 nitrogen and oxygen atoms in total. The number of nitrogens with zero attached hydrogens (tertiary/aromatic N) is 1. The van der Waals surface area contributed by atoms with E-state index in [0.717, 1.165) is 11.8 Å². The maximum Gasteiger partial charge on any atom is 0.252 e. The monoisotopic (exact) mass is 276 g/mol. The van der Waals surface area contributed by atoms with E-state index in [1.54, 1.807) is 13.8 Å². The highest BCUT2D eigenvalue weighted by molar-refractivity contribution is 6.06. The third kappa shape index (κ3) is 1.41. The van der Waals surface area contributed by atoms with E-state index in [9.17, 15) is 14.4 Å². The highest BCUT2D eigenvalue weighted by Crippen LogP contribution is 2.69. The average molecular weight is 276 g/mol. The highest BCUT2D eigenvalue weighted by Gasteiger charge is 2.68. The van der Waals surface area contributed by atoms with Gasteiger partial charge in [-0.3, -0.25) is 19.7 Å². The van der Waals surface area contributed by atoms with Crippen molar-refractivity contribution in [1.29, 1.82) is 0 Å². The Kier molecular flexibility index (Phi) is 2.24. The van der Waals surface area contributed by atoms with Gasteiger partial charge in [0, 0.05) is 5.92 Å². The number of rotatable bonds is 1. The van der Waals surface area contributed by atoms with Crippen molar-refractivity contribution in [3.8, 4) is 0 Å². The molecule has 4 fully saturated rings. The van der Waals surface area contributed by atoms with Gasteiger partial charge < -0.3 is 4.90 Å². The van der Waals surface area contributed by atoms with Crippen LogP contribution in [0.1, 0.15) is 33.1 Å². The summed E-state index contributed by atoms with van der Waals surface area (Å²) in [7, 11) is 0. The van der Waals surface area contributed by atoms with Crippen molar-refractivity contribution < 1.29 is 14.4 Å². The van der Waals surface area contributed by atoms with Crippen LogP contribution in [0.4, 0.5) is 0 Å². The molecule has 0 aromatic rings. The second kappa shape index (κ2) is 3.62. The van der Waals surface area contributed by atoms with Gasteiger partial charge in [0.2, 0.25) is 11.8 Å². The van der Waals surface area contributed by atoms with E-state index in [-0.39, 0.29) is 30.2 Å². The van der Waals surface area contributed by atoms with Crippen LogP contribution in [0.3, 0.4) is 0 Å². The van der Waals surface area contributed by atoms with Gasteiger partial charge in [0.1, 0.15) is 12.1 Å². The smallest absolute Gasteiger partial charge is 0.252 e. The lowest BCUT2D eigenvalue weighted by atomic mass is 9.95. The fourth-order valence-electron chi connectivity index (χ4n) is 4.97. The third-order valence-electron chi connectivity index (χ3n) is 6.07. The summed E-state index contributed by atoms with van der Waals surface area (Å²) in [6.07, 6.45) is 3.82. The summed E-state index contributed by atoms with van der Waals surface area (Å²) in [4.78, 5) is 37.8. The lowest BCUT2D eigenvalue weighted by Crippen LogP contribution is -2.65. The van der Waals surface area contributed by atoms with E-state index in [2.05, 4.69) is 5.32 Å². The van der Waals surface area contributed by atoms with Crippen LogP contribution in [0.5, 0.6) is 0 Å². The molecule has 0 aromatic heterocycles. The van der Waals surface area contributed by atoms with Gasteiger partial charge >= 0.3 is 0 Å². The van der Waals surface area contributed by atoms with Crippen LogP contribution in [0, 0.1) is 29.6 Å². The summed E-state index contributed by atoms with van der Waals surface area (Å²) >= 11 is 0. The second-order valence-electron chi connectivity index (χ2n) is 7.37. The van der Waals surface area contributed by atoms with Gasteiger partial charge in [-0.2, -0.15) is 0 Å².